The highest BCUT2D eigenvalue weighted by atomic mass is 16.5. The molecule has 0 fully saturated rings. The second kappa shape index (κ2) is 5.21. The van der Waals surface area contributed by atoms with Gasteiger partial charge in [0.2, 0.25) is 0 Å². The fraction of sp³-hybridized carbons (Fsp3) is 0.211. The predicted molar refractivity (Wildman–Crippen MR) is 87.2 cm³/mol. The average molecular weight is 277 g/mol. The summed E-state index contributed by atoms with van der Waals surface area (Å²) in [6.45, 7) is 8.28. The van der Waals surface area contributed by atoms with Crippen LogP contribution in [0.15, 0.2) is 42.5 Å². The lowest BCUT2D eigenvalue weighted by Crippen LogP contribution is -1.92. The van der Waals surface area contributed by atoms with Crippen molar-refractivity contribution in [2.45, 2.75) is 27.7 Å². The Morgan fingerprint density at radius 1 is 0.810 bits per heavy atom. The molecule has 2 nitrogen and oxygen atoms in total. The molecule has 0 atom stereocenters. The number of rotatable bonds is 2. The first-order valence-electron chi connectivity index (χ1n) is 7.16. The lowest BCUT2D eigenvalue weighted by atomic mass is 10.1. The minimum Gasteiger partial charge on any atom is -0.457 e. The Morgan fingerprint density at radius 3 is 2.38 bits per heavy atom. The van der Waals surface area contributed by atoms with Crippen LogP contribution in [-0.4, -0.2) is 4.98 Å². The second-order valence-corrected chi connectivity index (χ2v) is 5.63. The molecule has 2 heteroatoms. The Kier molecular flexibility index (Phi) is 3.38. The van der Waals surface area contributed by atoms with Crippen molar-refractivity contribution in [3.63, 3.8) is 0 Å². The number of benzene rings is 2. The molecule has 0 saturated heterocycles. The molecule has 0 saturated carbocycles. The minimum atomic E-state index is 0.865. The highest BCUT2D eigenvalue weighted by molar-refractivity contribution is 5.86. The third-order valence-electron chi connectivity index (χ3n) is 3.76. The van der Waals surface area contributed by atoms with E-state index in [9.17, 15) is 0 Å². The number of ether oxygens (including phenoxy) is 1. The molecule has 0 aliphatic heterocycles. The van der Waals surface area contributed by atoms with Crippen molar-refractivity contribution >= 4 is 10.9 Å². The first-order chi connectivity index (χ1) is 10.0. The summed E-state index contributed by atoms with van der Waals surface area (Å²) >= 11 is 0. The largest absolute Gasteiger partial charge is 0.457 e. The molecule has 1 heterocycles. The van der Waals surface area contributed by atoms with E-state index in [4.69, 9.17) is 4.74 Å². The van der Waals surface area contributed by atoms with Crippen LogP contribution in [0.1, 0.15) is 22.4 Å². The van der Waals surface area contributed by atoms with Crippen LogP contribution in [0.2, 0.25) is 0 Å². The van der Waals surface area contributed by atoms with Crippen LogP contribution in [0, 0.1) is 27.7 Å². The van der Waals surface area contributed by atoms with Crippen molar-refractivity contribution < 1.29 is 4.74 Å². The van der Waals surface area contributed by atoms with Crippen molar-refractivity contribution in [1.82, 2.24) is 4.98 Å². The molecule has 2 aromatic carbocycles. The molecule has 0 radical (unpaired) electrons. The standard InChI is InChI=1S/C19H19NO/c1-12-5-8-18-17(9-12)19(11-15(4)20-18)21-16-7-6-13(2)14(3)10-16/h5-11H,1-4H3. The lowest BCUT2D eigenvalue weighted by molar-refractivity contribution is 0.487. The molecule has 3 aromatic rings. The quantitative estimate of drug-likeness (QED) is 0.637. The van der Waals surface area contributed by atoms with E-state index in [0.29, 0.717) is 0 Å². The van der Waals surface area contributed by atoms with E-state index in [-0.39, 0.29) is 0 Å². The summed E-state index contributed by atoms with van der Waals surface area (Å²) in [5, 5.41) is 1.05. The first kappa shape index (κ1) is 13.6. The molecule has 0 N–H and O–H groups in total. The molecule has 0 amide bonds. The van der Waals surface area contributed by atoms with Crippen molar-refractivity contribution in [2.24, 2.45) is 0 Å². The number of aryl methyl sites for hydroxylation is 4. The van der Waals surface area contributed by atoms with Crippen molar-refractivity contribution in [3.05, 3.63) is 64.8 Å². The van der Waals surface area contributed by atoms with E-state index >= 15 is 0 Å². The van der Waals surface area contributed by atoms with Gasteiger partial charge in [0.25, 0.3) is 0 Å². The van der Waals surface area contributed by atoms with Crippen molar-refractivity contribution in [3.8, 4) is 11.5 Å². The number of aromatic nitrogens is 1. The van der Waals surface area contributed by atoms with Crippen LogP contribution in [0.5, 0.6) is 11.5 Å². The molecular formula is C19H19NO. The molecule has 0 bridgehead atoms. The maximum atomic E-state index is 6.12. The van der Waals surface area contributed by atoms with E-state index in [1.54, 1.807) is 0 Å². The summed E-state index contributed by atoms with van der Waals surface area (Å²) in [7, 11) is 0. The van der Waals surface area contributed by atoms with Gasteiger partial charge in [-0.05, 0) is 63.1 Å². The third kappa shape index (κ3) is 2.75. The Bertz CT molecular complexity index is 821. The van der Waals surface area contributed by atoms with E-state index < -0.39 is 0 Å². The Hall–Kier alpha value is -2.35. The van der Waals surface area contributed by atoms with E-state index in [1.807, 2.05) is 25.1 Å². The topological polar surface area (TPSA) is 22.1 Å². The highest BCUT2D eigenvalue weighted by Gasteiger charge is 2.07. The number of fused-ring (bicyclic) bond motifs is 1. The molecule has 0 unspecified atom stereocenters. The van der Waals surface area contributed by atoms with Crippen molar-refractivity contribution in [2.75, 3.05) is 0 Å². The number of nitrogens with zero attached hydrogens (tertiary/aromatic N) is 1. The minimum absolute atomic E-state index is 0.865. The van der Waals surface area contributed by atoms with E-state index in [0.717, 1.165) is 28.1 Å². The fourth-order valence-electron chi connectivity index (χ4n) is 2.42. The lowest BCUT2D eigenvalue weighted by Gasteiger charge is -2.11. The van der Waals surface area contributed by atoms with Gasteiger partial charge >= 0.3 is 0 Å². The Morgan fingerprint density at radius 2 is 1.62 bits per heavy atom. The summed E-state index contributed by atoms with van der Waals surface area (Å²) in [4.78, 5) is 4.57. The van der Waals surface area contributed by atoms with Crippen LogP contribution < -0.4 is 4.74 Å². The van der Waals surface area contributed by atoms with Gasteiger partial charge in [-0.15, -0.1) is 0 Å². The van der Waals surface area contributed by atoms with Gasteiger partial charge in [-0.2, -0.15) is 0 Å². The summed E-state index contributed by atoms with van der Waals surface area (Å²) < 4.78 is 6.12. The zero-order valence-corrected chi connectivity index (χ0v) is 12.9. The second-order valence-electron chi connectivity index (χ2n) is 5.63. The highest BCUT2D eigenvalue weighted by Crippen LogP contribution is 2.31. The van der Waals surface area contributed by atoms with Gasteiger partial charge in [-0.1, -0.05) is 17.7 Å². The summed E-state index contributed by atoms with van der Waals surface area (Å²) in [5.41, 5.74) is 5.65. The maximum absolute atomic E-state index is 6.12. The van der Waals surface area contributed by atoms with Gasteiger partial charge in [-0.25, -0.2) is 0 Å². The van der Waals surface area contributed by atoms with Gasteiger partial charge in [0, 0.05) is 17.1 Å². The number of hydrogen-bond acceptors (Lipinski definition) is 2. The smallest absolute Gasteiger partial charge is 0.138 e. The molecule has 21 heavy (non-hydrogen) atoms. The molecule has 0 aliphatic carbocycles. The Balaban J connectivity index is 2.10. The molecule has 0 spiro atoms. The predicted octanol–water partition coefficient (Wildman–Crippen LogP) is 5.26. The van der Waals surface area contributed by atoms with Crippen LogP contribution >= 0.6 is 0 Å². The van der Waals surface area contributed by atoms with Crippen molar-refractivity contribution in [1.29, 1.82) is 0 Å². The van der Waals surface area contributed by atoms with Crippen LogP contribution in [-0.2, 0) is 0 Å². The molecular weight excluding hydrogens is 258 g/mol. The normalized spacial score (nSPS) is 10.9. The summed E-state index contributed by atoms with van der Waals surface area (Å²) in [5.74, 6) is 1.73. The van der Waals surface area contributed by atoms with Crippen LogP contribution in [0.4, 0.5) is 0 Å². The monoisotopic (exact) mass is 277 g/mol. The zero-order chi connectivity index (χ0) is 15.0. The van der Waals surface area contributed by atoms with Gasteiger partial charge in [-0.3, -0.25) is 4.98 Å². The third-order valence-corrected chi connectivity index (χ3v) is 3.76. The SMILES string of the molecule is Cc1ccc2nc(C)cc(Oc3ccc(C)c(C)c3)c2c1. The van der Waals surface area contributed by atoms with E-state index in [2.05, 4.69) is 50.0 Å². The number of pyridine rings is 1. The fourth-order valence-corrected chi connectivity index (χ4v) is 2.42. The average Bonchev–Trinajstić information content (AvgIpc) is 2.43. The number of hydrogen-bond donors (Lipinski definition) is 0. The Labute approximate surface area is 125 Å². The first-order valence-corrected chi connectivity index (χ1v) is 7.16. The zero-order valence-electron chi connectivity index (χ0n) is 12.9. The van der Waals surface area contributed by atoms with Gasteiger partial charge in [0.1, 0.15) is 11.5 Å². The van der Waals surface area contributed by atoms with Gasteiger partial charge in [0.05, 0.1) is 5.52 Å². The van der Waals surface area contributed by atoms with E-state index in [1.165, 1.54) is 16.7 Å². The summed E-state index contributed by atoms with van der Waals surface area (Å²) in [6.07, 6.45) is 0. The molecule has 0 aliphatic rings. The van der Waals surface area contributed by atoms with Gasteiger partial charge in [0.15, 0.2) is 0 Å². The maximum Gasteiger partial charge on any atom is 0.138 e. The molecule has 106 valence electrons. The van der Waals surface area contributed by atoms with Crippen LogP contribution in [0.3, 0.4) is 0 Å². The van der Waals surface area contributed by atoms with Crippen LogP contribution in [0.25, 0.3) is 10.9 Å². The summed E-state index contributed by atoms with van der Waals surface area (Å²) in [6, 6.07) is 14.4. The van der Waals surface area contributed by atoms with Gasteiger partial charge < -0.3 is 4.74 Å². The molecule has 3 rings (SSSR count). The molecule has 1 aromatic heterocycles.